The number of nitrogens with one attached hydrogen (secondary N) is 4. The first-order valence-electron chi connectivity index (χ1n) is 13.3. The molecule has 0 bridgehead atoms. The van der Waals surface area contributed by atoms with Gasteiger partial charge in [0.25, 0.3) is 0 Å². The number of hydrogen-bond acceptors (Lipinski definition) is 6. The number of hydrogen-bond donors (Lipinski definition) is 6. The summed E-state index contributed by atoms with van der Waals surface area (Å²) in [6, 6.07) is 4.76. The minimum Gasteiger partial charge on any atom is -0.352 e. The Bertz CT molecular complexity index is 919. The molecule has 0 fully saturated rings. The Kier molecular flexibility index (Phi) is 15.3. The molecule has 5 amide bonds. The first-order valence-corrected chi connectivity index (χ1v) is 13.3. The number of aryl methyl sites for hydroxylation is 1. The van der Waals surface area contributed by atoms with Gasteiger partial charge in [-0.1, -0.05) is 32.4 Å². The molecule has 0 radical (unpaired) electrons. The van der Waals surface area contributed by atoms with Crippen LogP contribution in [0.25, 0.3) is 0 Å². The van der Waals surface area contributed by atoms with Crippen LogP contribution in [-0.2, 0) is 25.6 Å². The van der Waals surface area contributed by atoms with Crippen LogP contribution in [0, 0.1) is 5.92 Å². The second kappa shape index (κ2) is 17.9. The molecule has 0 aliphatic heterocycles. The smallest absolute Gasteiger partial charge is 0.312 e. The van der Waals surface area contributed by atoms with E-state index in [0.29, 0.717) is 44.3 Å². The van der Waals surface area contributed by atoms with Crippen LogP contribution in [-0.4, -0.2) is 54.7 Å². The predicted octanol–water partition coefficient (Wildman–Crippen LogP) is 1.74. The van der Waals surface area contributed by atoms with Gasteiger partial charge in [0, 0.05) is 25.1 Å². The van der Waals surface area contributed by atoms with Crippen molar-refractivity contribution in [1.82, 2.24) is 16.0 Å². The van der Waals surface area contributed by atoms with Crippen molar-refractivity contribution in [2.24, 2.45) is 17.4 Å². The molecule has 1 rings (SSSR count). The molecule has 0 aromatic heterocycles. The van der Waals surface area contributed by atoms with Crippen molar-refractivity contribution in [3.8, 4) is 0 Å². The normalized spacial score (nSPS) is 12.3. The average molecular weight is 533 g/mol. The van der Waals surface area contributed by atoms with E-state index >= 15 is 0 Å². The van der Waals surface area contributed by atoms with E-state index in [1.165, 1.54) is 0 Å². The SMILES string of the molecule is CC(=O)CCc1ccc(NC(=O)[C@H](CCCNC(N)=O)NC(=O)[C@@H](NC(=O)CCCCCN)C(C)C)cc1. The summed E-state index contributed by atoms with van der Waals surface area (Å²) in [4.78, 5) is 60.8. The maximum Gasteiger partial charge on any atom is 0.312 e. The molecule has 0 saturated carbocycles. The molecule has 2 atom stereocenters. The highest BCUT2D eigenvalue weighted by atomic mass is 16.2. The topological polar surface area (TPSA) is 186 Å². The number of rotatable bonds is 18. The number of urea groups is 1. The van der Waals surface area contributed by atoms with Gasteiger partial charge in [-0.15, -0.1) is 0 Å². The summed E-state index contributed by atoms with van der Waals surface area (Å²) in [7, 11) is 0. The van der Waals surface area contributed by atoms with E-state index < -0.39 is 29.9 Å². The van der Waals surface area contributed by atoms with Gasteiger partial charge in [-0.25, -0.2) is 4.79 Å². The molecule has 8 N–H and O–H groups in total. The fourth-order valence-corrected chi connectivity index (χ4v) is 3.74. The van der Waals surface area contributed by atoms with Gasteiger partial charge in [-0.2, -0.15) is 0 Å². The maximum absolute atomic E-state index is 13.1. The molecular formula is C27H44N6O5. The summed E-state index contributed by atoms with van der Waals surface area (Å²) >= 11 is 0. The molecule has 0 unspecified atom stereocenters. The molecule has 0 heterocycles. The fourth-order valence-electron chi connectivity index (χ4n) is 3.74. The van der Waals surface area contributed by atoms with Crippen LogP contribution in [0.3, 0.4) is 0 Å². The summed E-state index contributed by atoms with van der Waals surface area (Å²) in [5.74, 6) is -1.21. The van der Waals surface area contributed by atoms with Gasteiger partial charge in [-0.05, 0) is 69.2 Å². The second-order valence-corrected chi connectivity index (χ2v) is 9.77. The van der Waals surface area contributed by atoms with E-state index in [2.05, 4.69) is 21.3 Å². The van der Waals surface area contributed by atoms with Crippen molar-refractivity contribution >= 4 is 35.2 Å². The third kappa shape index (κ3) is 13.7. The molecular weight excluding hydrogens is 488 g/mol. The number of carbonyl (C=O) groups is 5. The Hall–Kier alpha value is -3.47. The standard InChI is InChI=1S/C27H44N6O5/c1-18(2)24(33-23(35)9-5-4-6-16-28)26(37)32-22(8-7-17-30-27(29)38)25(36)31-21-14-12-20(13-15-21)11-10-19(3)34/h12-15,18,22,24H,4-11,16-17,28H2,1-3H3,(H,31,36)(H,32,37)(H,33,35)(H3,29,30,38)/t22-,24-/m0/s1. The number of anilines is 1. The van der Waals surface area contributed by atoms with Crippen LogP contribution in [0.4, 0.5) is 10.5 Å². The molecule has 1 aromatic rings. The van der Waals surface area contributed by atoms with Crippen molar-refractivity contribution in [1.29, 1.82) is 0 Å². The first-order chi connectivity index (χ1) is 18.0. The van der Waals surface area contributed by atoms with Crippen molar-refractivity contribution in [2.75, 3.05) is 18.4 Å². The monoisotopic (exact) mass is 532 g/mol. The zero-order chi connectivity index (χ0) is 28.5. The highest BCUT2D eigenvalue weighted by Gasteiger charge is 2.28. The molecule has 0 aliphatic carbocycles. The molecule has 0 saturated heterocycles. The Morgan fingerprint density at radius 2 is 1.55 bits per heavy atom. The van der Waals surface area contributed by atoms with Crippen LogP contribution in [0.2, 0.25) is 0 Å². The van der Waals surface area contributed by atoms with Crippen LogP contribution in [0.15, 0.2) is 24.3 Å². The van der Waals surface area contributed by atoms with E-state index in [-0.39, 0.29) is 30.6 Å². The van der Waals surface area contributed by atoms with E-state index in [9.17, 15) is 24.0 Å². The summed E-state index contributed by atoms with van der Waals surface area (Å²) in [6.45, 7) is 5.99. The van der Waals surface area contributed by atoms with E-state index in [1.54, 1.807) is 19.1 Å². The Morgan fingerprint density at radius 3 is 2.13 bits per heavy atom. The number of ketones is 1. The maximum atomic E-state index is 13.1. The van der Waals surface area contributed by atoms with Crippen LogP contribution in [0.1, 0.15) is 71.3 Å². The third-order valence-electron chi connectivity index (χ3n) is 5.96. The van der Waals surface area contributed by atoms with Crippen LogP contribution >= 0.6 is 0 Å². The number of unbranched alkanes of at least 4 members (excludes halogenated alkanes) is 2. The van der Waals surface area contributed by atoms with Crippen molar-refractivity contribution in [3.05, 3.63) is 29.8 Å². The van der Waals surface area contributed by atoms with Gasteiger partial charge in [-0.3, -0.25) is 14.4 Å². The highest BCUT2D eigenvalue weighted by molar-refractivity contribution is 5.98. The lowest BCUT2D eigenvalue weighted by Gasteiger charge is -2.25. The minimum atomic E-state index is -0.905. The zero-order valence-electron chi connectivity index (χ0n) is 22.8. The number of carbonyl (C=O) groups excluding carboxylic acids is 5. The fraction of sp³-hybridized carbons (Fsp3) is 0.593. The number of Topliss-reactive ketones (excluding diaryl/α,β-unsaturated/α-hetero) is 1. The number of primary amides is 1. The highest BCUT2D eigenvalue weighted by Crippen LogP contribution is 2.13. The van der Waals surface area contributed by atoms with Gasteiger partial charge >= 0.3 is 6.03 Å². The largest absolute Gasteiger partial charge is 0.352 e. The van der Waals surface area contributed by atoms with Gasteiger partial charge in [0.2, 0.25) is 17.7 Å². The predicted molar refractivity (Wildman–Crippen MR) is 147 cm³/mol. The average Bonchev–Trinajstić information content (AvgIpc) is 2.86. The minimum absolute atomic E-state index is 0.106. The summed E-state index contributed by atoms with van der Waals surface area (Å²) in [5, 5.41) is 10.8. The number of benzene rings is 1. The molecule has 11 nitrogen and oxygen atoms in total. The lowest BCUT2D eigenvalue weighted by atomic mass is 10.0. The van der Waals surface area contributed by atoms with Gasteiger partial charge in [0.05, 0.1) is 0 Å². The van der Waals surface area contributed by atoms with Crippen molar-refractivity contribution in [3.63, 3.8) is 0 Å². The summed E-state index contributed by atoms with van der Waals surface area (Å²) in [5.41, 5.74) is 12.1. The van der Waals surface area contributed by atoms with E-state index in [0.717, 1.165) is 18.4 Å². The van der Waals surface area contributed by atoms with Crippen molar-refractivity contribution < 1.29 is 24.0 Å². The first kappa shape index (κ1) is 32.6. The van der Waals surface area contributed by atoms with Crippen LogP contribution < -0.4 is 32.7 Å². The van der Waals surface area contributed by atoms with E-state index in [4.69, 9.17) is 11.5 Å². The zero-order valence-corrected chi connectivity index (χ0v) is 22.8. The molecule has 212 valence electrons. The number of nitrogens with two attached hydrogens (primary N) is 2. The van der Waals surface area contributed by atoms with Gasteiger partial charge in [0.15, 0.2) is 0 Å². The Labute approximate surface area is 225 Å². The van der Waals surface area contributed by atoms with E-state index in [1.807, 2.05) is 26.0 Å². The van der Waals surface area contributed by atoms with Gasteiger partial charge in [0.1, 0.15) is 17.9 Å². The second-order valence-electron chi connectivity index (χ2n) is 9.77. The molecule has 0 aliphatic rings. The lowest BCUT2D eigenvalue weighted by Crippen LogP contribution is -2.54. The molecule has 1 aromatic carbocycles. The Balaban J connectivity index is 2.86. The van der Waals surface area contributed by atoms with Gasteiger partial charge < -0.3 is 37.5 Å². The Morgan fingerprint density at radius 1 is 0.868 bits per heavy atom. The number of amides is 5. The summed E-state index contributed by atoms with van der Waals surface area (Å²) in [6.07, 6.45) is 4.34. The molecule has 11 heteroatoms. The molecule has 38 heavy (non-hydrogen) atoms. The quantitative estimate of drug-likeness (QED) is 0.156. The third-order valence-corrected chi connectivity index (χ3v) is 5.96. The van der Waals surface area contributed by atoms with Crippen LogP contribution in [0.5, 0.6) is 0 Å². The molecule has 0 spiro atoms. The summed E-state index contributed by atoms with van der Waals surface area (Å²) < 4.78 is 0. The lowest BCUT2D eigenvalue weighted by molar-refractivity contribution is -0.132. The van der Waals surface area contributed by atoms with Crippen molar-refractivity contribution in [2.45, 2.75) is 84.2 Å².